The standard InChI is InChI=1S/C16H26N4O2/c1-13(19-9-11-22-12-10-19)14-3-7-20(8-4-14)15-16(21-2)18-6-5-17-15/h5-6,13-14H,3-4,7-12H2,1-2H3/t13-/m0/s1. The lowest BCUT2D eigenvalue weighted by molar-refractivity contribution is 0.00447. The van der Waals surface area contributed by atoms with Crippen LogP contribution in [-0.2, 0) is 4.74 Å². The molecule has 0 N–H and O–H groups in total. The van der Waals surface area contributed by atoms with Crippen molar-refractivity contribution in [2.24, 2.45) is 5.92 Å². The molecule has 0 bridgehead atoms. The van der Waals surface area contributed by atoms with Crippen LogP contribution in [0.25, 0.3) is 0 Å². The Balaban J connectivity index is 1.57. The molecule has 1 atom stereocenters. The van der Waals surface area contributed by atoms with Gasteiger partial charge in [0.15, 0.2) is 5.82 Å². The highest BCUT2D eigenvalue weighted by Gasteiger charge is 2.29. The number of piperidine rings is 1. The third-order valence-electron chi connectivity index (χ3n) is 4.98. The van der Waals surface area contributed by atoms with Crippen LogP contribution < -0.4 is 9.64 Å². The molecule has 2 aliphatic rings. The molecule has 0 radical (unpaired) electrons. The third-order valence-corrected chi connectivity index (χ3v) is 4.98. The first-order valence-electron chi connectivity index (χ1n) is 8.21. The van der Waals surface area contributed by atoms with E-state index in [1.54, 1.807) is 19.5 Å². The first-order valence-corrected chi connectivity index (χ1v) is 8.21. The van der Waals surface area contributed by atoms with E-state index in [-0.39, 0.29) is 0 Å². The van der Waals surface area contributed by atoms with Crippen molar-refractivity contribution < 1.29 is 9.47 Å². The number of aromatic nitrogens is 2. The van der Waals surface area contributed by atoms with Crippen LogP contribution in [0.15, 0.2) is 12.4 Å². The van der Waals surface area contributed by atoms with Crippen LogP contribution >= 0.6 is 0 Å². The Morgan fingerprint density at radius 1 is 1.14 bits per heavy atom. The lowest BCUT2D eigenvalue weighted by Gasteiger charge is -2.41. The molecular formula is C16H26N4O2. The fourth-order valence-electron chi connectivity index (χ4n) is 3.56. The summed E-state index contributed by atoms with van der Waals surface area (Å²) < 4.78 is 10.8. The third kappa shape index (κ3) is 3.33. The maximum absolute atomic E-state index is 5.46. The Morgan fingerprint density at radius 3 is 2.50 bits per heavy atom. The van der Waals surface area contributed by atoms with Gasteiger partial charge in [0.1, 0.15) is 0 Å². The number of rotatable bonds is 4. The fourth-order valence-corrected chi connectivity index (χ4v) is 3.56. The molecular weight excluding hydrogens is 280 g/mol. The Labute approximate surface area is 132 Å². The van der Waals surface area contributed by atoms with Gasteiger partial charge in [0.2, 0.25) is 0 Å². The number of nitrogens with zero attached hydrogens (tertiary/aromatic N) is 4. The van der Waals surface area contributed by atoms with E-state index in [1.807, 2.05) is 0 Å². The minimum atomic E-state index is 0.627. The topological polar surface area (TPSA) is 50.7 Å². The quantitative estimate of drug-likeness (QED) is 0.838. The van der Waals surface area contributed by atoms with Gasteiger partial charge in [0.25, 0.3) is 5.88 Å². The summed E-state index contributed by atoms with van der Waals surface area (Å²) in [7, 11) is 1.65. The van der Waals surface area contributed by atoms with E-state index in [0.717, 1.165) is 51.1 Å². The maximum atomic E-state index is 5.46. The second-order valence-corrected chi connectivity index (χ2v) is 6.10. The number of methoxy groups -OCH3 is 1. The molecule has 2 aliphatic heterocycles. The lowest BCUT2D eigenvalue weighted by Crippen LogP contribution is -2.48. The monoisotopic (exact) mass is 306 g/mol. The van der Waals surface area contributed by atoms with Crippen LogP contribution in [0.3, 0.4) is 0 Å². The van der Waals surface area contributed by atoms with Gasteiger partial charge in [-0.15, -0.1) is 0 Å². The summed E-state index contributed by atoms with van der Waals surface area (Å²) in [6, 6.07) is 0.634. The molecule has 122 valence electrons. The first-order chi connectivity index (χ1) is 10.8. The van der Waals surface area contributed by atoms with E-state index in [4.69, 9.17) is 9.47 Å². The smallest absolute Gasteiger partial charge is 0.257 e. The van der Waals surface area contributed by atoms with E-state index >= 15 is 0 Å². The highest BCUT2D eigenvalue weighted by atomic mass is 16.5. The van der Waals surface area contributed by atoms with Crippen molar-refractivity contribution in [3.8, 4) is 5.88 Å². The number of hydrogen-bond donors (Lipinski definition) is 0. The van der Waals surface area contributed by atoms with Gasteiger partial charge in [0, 0.05) is 44.6 Å². The van der Waals surface area contributed by atoms with Gasteiger partial charge >= 0.3 is 0 Å². The molecule has 0 unspecified atom stereocenters. The maximum Gasteiger partial charge on any atom is 0.257 e. The van der Waals surface area contributed by atoms with Crippen LogP contribution in [0, 0.1) is 5.92 Å². The largest absolute Gasteiger partial charge is 0.478 e. The number of ether oxygens (including phenoxy) is 2. The van der Waals surface area contributed by atoms with Crippen molar-refractivity contribution in [3.63, 3.8) is 0 Å². The zero-order chi connectivity index (χ0) is 15.4. The van der Waals surface area contributed by atoms with Crippen LogP contribution in [0.1, 0.15) is 19.8 Å². The number of hydrogen-bond acceptors (Lipinski definition) is 6. The molecule has 0 spiro atoms. The molecule has 3 heterocycles. The molecule has 6 heteroatoms. The second-order valence-electron chi connectivity index (χ2n) is 6.10. The van der Waals surface area contributed by atoms with Crippen LogP contribution in [-0.4, -0.2) is 67.4 Å². The van der Waals surface area contributed by atoms with Crippen molar-refractivity contribution >= 4 is 5.82 Å². The molecule has 0 saturated carbocycles. The minimum absolute atomic E-state index is 0.627. The highest BCUT2D eigenvalue weighted by molar-refractivity contribution is 5.48. The Hall–Kier alpha value is -1.40. The van der Waals surface area contributed by atoms with E-state index in [9.17, 15) is 0 Å². The SMILES string of the molecule is COc1nccnc1N1CCC([C@H](C)N2CCOCC2)CC1. The van der Waals surface area contributed by atoms with Crippen molar-refractivity contribution in [2.75, 3.05) is 51.4 Å². The van der Waals surface area contributed by atoms with E-state index in [2.05, 4.69) is 26.7 Å². The first kappa shape index (κ1) is 15.5. The number of morpholine rings is 1. The molecule has 3 rings (SSSR count). The average molecular weight is 306 g/mol. The molecule has 2 fully saturated rings. The minimum Gasteiger partial charge on any atom is -0.478 e. The highest BCUT2D eigenvalue weighted by Crippen LogP contribution is 2.30. The normalized spacial score (nSPS) is 22.5. The predicted octanol–water partition coefficient (Wildman–Crippen LogP) is 1.42. The molecule has 0 aromatic carbocycles. The summed E-state index contributed by atoms with van der Waals surface area (Å²) in [4.78, 5) is 13.6. The summed E-state index contributed by atoms with van der Waals surface area (Å²) >= 11 is 0. The molecule has 1 aromatic heterocycles. The summed E-state index contributed by atoms with van der Waals surface area (Å²) in [5.74, 6) is 2.25. The van der Waals surface area contributed by atoms with Gasteiger partial charge in [-0.2, -0.15) is 0 Å². The summed E-state index contributed by atoms with van der Waals surface area (Å²) in [6.07, 6.45) is 5.80. The van der Waals surface area contributed by atoms with Crippen LogP contribution in [0.5, 0.6) is 5.88 Å². The summed E-state index contributed by atoms with van der Waals surface area (Å²) in [5.41, 5.74) is 0. The molecule has 0 amide bonds. The fraction of sp³-hybridized carbons (Fsp3) is 0.750. The summed E-state index contributed by atoms with van der Waals surface area (Å²) in [5, 5.41) is 0. The van der Waals surface area contributed by atoms with Gasteiger partial charge in [0.05, 0.1) is 20.3 Å². The average Bonchev–Trinajstić information content (AvgIpc) is 2.62. The Morgan fingerprint density at radius 2 is 1.82 bits per heavy atom. The summed E-state index contributed by atoms with van der Waals surface area (Å²) in [6.45, 7) is 8.30. The lowest BCUT2D eigenvalue weighted by atomic mass is 9.89. The van der Waals surface area contributed by atoms with Crippen LogP contribution in [0.2, 0.25) is 0 Å². The van der Waals surface area contributed by atoms with Crippen molar-refractivity contribution in [2.45, 2.75) is 25.8 Å². The van der Waals surface area contributed by atoms with Gasteiger partial charge < -0.3 is 14.4 Å². The van der Waals surface area contributed by atoms with E-state index < -0.39 is 0 Å². The molecule has 1 aromatic rings. The zero-order valence-corrected chi connectivity index (χ0v) is 13.6. The molecule has 22 heavy (non-hydrogen) atoms. The van der Waals surface area contributed by atoms with E-state index in [1.165, 1.54) is 12.8 Å². The molecule has 2 saturated heterocycles. The van der Waals surface area contributed by atoms with E-state index in [0.29, 0.717) is 11.9 Å². The van der Waals surface area contributed by atoms with Gasteiger partial charge in [-0.1, -0.05) is 0 Å². The second kappa shape index (κ2) is 7.24. The van der Waals surface area contributed by atoms with Crippen molar-refractivity contribution in [3.05, 3.63) is 12.4 Å². The van der Waals surface area contributed by atoms with Gasteiger partial charge in [-0.3, -0.25) is 4.90 Å². The predicted molar refractivity (Wildman–Crippen MR) is 85.4 cm³/mol. The van der Waals surface area contributed by atoms with Gasteiger partial charge in [-0.05, 0) is 25.7 Å². The number of anilines is 1. The zero-order valence-electron chi connectivity index (χ0n) is 13.6. The van der Waals surface area contributed by atoms with Gasteiger partial charge in [-0.25, -0.2) is 9.97 Å². The molecule has 0 aliphatic carbocycles. The van der Waals surface area contributed by atoms with Crippen molar-refractivity contribution in [1.29, 1.82) is 0 Å². The van der Waals surface area contributed by atoms with Crippen LogP contribution in [0.4, 0.5) is 5.82 Å². The van der Waals surface area contributed by atoms with Crippen molar-refractivity contribution in [1.82, 2.24) is 14.9 Å². The Kier molecular flexibility index (Phi) is 5.10. The molecule has 6 nitrogen and oxygen atoms in total. The Bertz CT molecular complexity index is 471.